The molecule has 0 heterocycles. The van der Waals surface area contributed by atoms with E-state index in [0.717, 1.165) is 12.0 Å². The molecule has 1 aromatic carbocycles. The molecular formula is C15H26ClNO3. The van der Waals surface area contributed by atoms with E-state index in [1.807, 2.05) is 18.2 Å². The number of nitrogens with two attached hydrogens (primary N) is 1. The second-order valence-electron chi connectivity index (χ2n) is 5.15. The standard InChI is InChI=1S/C15H25NO3.ClH/c1-10(2)8-9-12(17)14(16)11-6-5-7-13(18-3)15(11)19-4;/h5-7,10,12,14,17H,8-9,16H2,1-4H3;1H/t12-,14+;/m0./s1. The average Bonchev–Trinajstić information content (AvgIpc) is 2.42. The number of benzene rings is 1. The van der Waals surface area contributed by atoms with Gasteiger partial charge in [-0.2, -0.15) is 0 Å². The number of hydrogen-bond acceptors (Lipinski definition) is 4. The van der Waals surface area contributed by atoms with Gasteiger partial charge in [-0.3, -0.25) is 0 Å². The molecule has 0 saturated carbocycles. The summed E-state index contributed by atoms with van der Waals surface area (Å²) in [7, 11) is 3.16. The molecule has 0 aliphatic carbocycles. The van der Waals surface area contributed by atoms with E-state index in [1.54, 1.807) is 14.2 Å². The first-order chi connectivity index (χ1) is 9.01. The fraction of sp³-hybridized carbons (Fsp3) is 0.600. The number of ether oxygens (including phenoxy) is 2. The highest BCUT2D eigenvalue weighted by Crippen LogP contribution is 2.35. The lowest BCUT2D eigenvalue weighted by Crippen LogP contribution is -2.27. The van der Waals surface area contributed by atoms with E-state index in [0.29, 0.717) is 23.8 Å². The lowest BCUT2D eigenvalue weighted by Gasteiger charge is -2.22. The summed E-state index contributed by atoms with van der Waals surface area (Å²) in [5.74, 6) is 1.78. The van der Waals surface area contributed by atoms with E-state index in [1.165, 1.54) is 0 Å². The van der Waals surface area contributed by atoms with Gasteiger partial charge >= 0.3 is 0 Å². The van der Waals surface area contributed by atoms with Gasteiger partial charge < -0.3 is 20.3 Å². The van der Waals surface area contributed by atoms with Gasteiger partial charge in [0.25, 0.3) is 0 Å². The fourth-order valence-corrected chi connectivity index (χ4v) is 2.07. The Morgan fingerprint density at radius 2 is 1.80 bits per heavy atom. The van der Waals surface area contributed by atoms with Crippen molar-refractivity contribution < 1.29 is 14.6 Å². The Morgan fingerprint density at radius 3 is 2.30 bits per heavy atom. The molecule has 0 unspecified atom stereocenters. The molecule has 20 heavy (non-hydrogen) atoms. The molecule has 0 saturated heterocycles. The summed E-state index contributed by atoms with van der Waals surface area (Å²) in [5.41, 5.74) is 6.92. The van der Waals surface area contributed by atoms with Crippen LogP contribution >= 0.6 is 12.4 Å². The lowest BCUT2D eigenvalue weighted by atomic mass is 9.95. The van der Waals surface area contributed by atoms with Gasteiger partial charge in [-0.1, -0.05) is 26.0 Å². The van der Waals surface area contributed by atoms with Crippen molar-refractivity contribution in [2.24, 2.45) is 11.7 Å². The van der Waals surface area contributed by atoms with E-state index in [9.17, 15) is 5.11 Å². The topological polar surface area (TPSA) is 64.7 Å². The van der Waals surface area contributed by atoms with Gasteiger partial charge in [-0.15, -0.1) is 12.4 Å². The van der Waals surface area contributed by atoms with Crippen LogP contribution in [0.1, 0.15) is 38.3 Å². The highest BCUT2D eigenvalue weighted by Gasteiger charge is 2.22. The maximum absolute atomic E-state index is 10.2. The number of para-hydroxylation sites is 1. The van der Waals surface area contributed by atoms with Crippen molar-refractivity contribution >= 4 is 12.4 Å². The number of hydrogen-bond donors (Lipinski definition) is 2. The van der Waals surface area contributed by atoms with Crippen LogP contribution < -0.4 is 15.2 Å². The van der Waals surface area contributed by atoms with Crippen LogP contribution in [0, 0.1) is 5.92 Å². The third kappa shape index (κ3) is 4.85. The van der Waals surface area contributed by atoms with Crippen LogP contribution in [0.5, 0.6) is 11.5 Å². The number of rotatable bonds is 7. The highest BCUT2D eigenvalue weighted by molar-refractivity contribution is 5.85. The molecular weight excluding hydrogens is 278 g/mol. The predicted molar refractivity (Wildman–Crippen MR) is 83.8 cm³/mol. The molecule has 5 heteroatoms. The van der Waals surface area contributed by atoms with Crippen LogP contribution in [0.3, 0.4) is 0 Å². The normalized spacial score (nSPS) is 13.6. The third-order valence-electron chi connectivity index (χ3n) is 3.25. The second-order valence-corrected chi connectivity index (χ2v) is 5.15. The molecule has 0 aliphatic heterocycles. The molecule has 1 rings (SSSR count). The van der Waals surface area contributed by atoms with Gasteiger partial charge in [-0.05, 0) is 24.8 Å². The van der Waals surface area contributed by atoms with Gasteiger partial charge in [0.15, 0.2) is 11.5 Å². The molecule has 3 N–H and O–H groups in total. The number of aliphatic hydroxyl groups excluding tert-OH is 1. The van der Waals surface area contributed by atoms with Crippen LogP contribution in [0.2, 0.25) is 0 Å². The Morgan fingerprint density at radius 1 is 1.15 bits per heavy atom. The van der Waals surface area contributed by atoms with Crippen LogP contribution in [0.15, 0.2) is 18.2 Å². The Hall–Kier alpha value is -0.970. The van der Waals surface area contributed by atoms with Crippen molar-refractivity contribution in [3.05, 3.63) is 23.8 Å². The SMILES string of the molecule is COc1cccc([C@@H](N)[C@@H](O)CCC(C)C)c1OC.Cl. The molecule has 0 spiro atoms. The molecule has 0 amide bonds. The van der Waals surface area contributed by atoms with Crippen molar-refractivity contribution in [1.82, 2.24) is 0 Å². The molecule has 0 radical (unpaired) electrons. The number of aliphatic hydroxyl groups is 1. The predicted octanol–water partition coefficient (Wildman–Crippen LogP) is 2.92. The van der Waals surface area contributed by atoms with Crippen LogP contribution in [-0.2, 0) is 0 Å². The zero-order valence-electron chi connectivity index (χ0n) is 12.6. The zero-order chi connectivity index (χ0) is 14.4. The molecule has 2 atom stereocenters. The van der Waals surface area contributed by atoms with Crippen LogP contribution in [0.25, 0.3) is 0 Å². The molecule has 0 bridgehead atoms. The summed E-state index contributed by atoms with van der Waals surface area (Å²) in [6, 6.07) is 5.06. The van der Waals surface area contributed by atoms with Gasteiger partial charge in [0.05, 0.1) is 26.4 Å². The van der Waals surface area contributed by atoms with Crippen LogP contribution in [0.4, 0.5) is 0 Å². The highest BCUT2D eigenvalue weighted by atomic mass is 35.5. The molecule has 0 aliphatic rings. The molecule has 0 fully saturated rings. The van der Waals surface area contributed by atoms with Gasteiger partial charge in [0.2, 0.25) is 0 Å². The summed E-state index contributed by atoms with van der Waals surface area (Å²) in [5, 5.41) is 10.2. The van der Waals surface area contributed by atoms with Gasteiger partial charge in [-0.25, -0.2) is 0 Å². The minimum Gasteiger partial charge on any atom is -0.493 e. The summed E-state index contributed by atoms with van der Waals surface area (Å²) >= 11 is 0. The van der Waals surface area contributed by atoms with E-state index in [4.69, 9.17) is 15.2 Å². The maximum atomic E-state index is 10.2. The van der Waals surface area contributed by atoms with Gasteiger partial charge in [0, 0.05) is 5.56 Å². The Balaban J connectivity index is 0.00000361. The van der Waals surface area contributed by atoms with Crippen molar-refractivity contribution in [1.29, 1.82) is 0 Å². The third-order valence-corrected chi connectivity index (χ3v) is 3.25. The summed E-state index contributed by atoms with van der Waals surface area (Å²) in [4.78, 5) is 0. The molecule has 116 valence electrons. The number of halogens is 1. The Bertz CT molecular complexity index is 399. The Kier molecular flexibility index (Phi) is 8.62. The minimum absolute atomic E-state index is 0. The monoisotopic (exact) mass is 303 g/mol. The quantitative estimate of drug-likeness (QED) is 0.813. The summed E-state index contributed by atoms with van der Waals surface area (Å²) < 4.78 is 10.6. The smallest absolute Gasteiger partial charge is 0.165 e. The first-order valence-electron chi connectivity index (χ1n) is 6.65. The minimum atomic E-state index is -0.580. The zero-order valence-corrected chi connectivity index (χ0v) is 13.4. The van der Waals surface area contributed by atoms with Crippen molar-refractivity contribution in [3.8, 4) is 11.5 Å². The summed E-state index contributed by atoms with van der Waals surface area (Å²) in [6.07, 6.45) is 1.05. The van der Waals surface area contributed by atoms with E-state index < -0.39 is 12.1 Å². The molecule has 4 nitrogen and oxygen atoms in total. The van der Waals surface area contributed by atoms with Crippen LogP contribution in [-0.4, -0.2) is 25.4 Å². The first kappa shape index (κ1) is 19.0. The maximum Gasteiger partial charge on any atom is 0.165 e. The van der Waals surface area contributed by atoms with E-state index in [2.05, 4.69) is 13.8 Å². The van der Waals surface area contributed by atoms with E-state index >= 15 is 0 Å². The Labute approximate surface area is 127 Å². The van der Waals surface area contributed by atoms with E-state index in [-0.39, 0.29) is 12.4 Å². The van der Waals surface area contributed by atoms with Crippen molar-refractivity contribution in [2.45, 2.75) is 38.8 Å². The first-order valence-corrected chi connectivity index (χ1v) is 6.65. The molecule has 1 aromatic rings. The largest absolute Gasteiger partial charge is 0.493 e. The van der Waals surface area contributed by atoms with Crippen molar-refractivity contribution in [2.75, 3.05) is 14.2 Å². The summed E-state index contributed by atoms with van der Waals surface area (Å²) in [6.45, 7) is 4.26. The fourth-order valence-electron chi connectivity index (χ4n) is 2.07. The lowest BCUT2D eigenvalue weighted by molar-refractivity contribution is 0.127. The average molecular weight is 304 g/mol. The van der Waals surface area contributed by atoms with Gasteiger partial charge in [0.1, 0.15) is 0 Å². The second kappa shape index (κ2) is 9.06. The van der Waals surface area contributed by atoms with Crippen molar-refractivity contribution in [3.63, 3.8) is 0 Å². The molecule has 0 aromatic heterocycles. The number of methoxy groups -OCH3 is 2.